The van der Waals surface area contributed by atoms with Crippen LogP contribution in [0.3, 0.4) is 0 Å². The van der Waals surface area contributed by atoms with E-state index in [0.29, 0.717) is 62.7 Å². The number of nitro groups is 3. The Morgan fingerprint density at radius 3 is 1.21 bits per heavy atom. The van der Waals surface area contributed by atoms with E-state index >= 15 is 0 Å². The second-order valence-electron chi connectivity index (χ2n) is 29.5. The van der Waals surface area contributed by atoms with Crippen molar-refractivity contribution in [3.8, 4) is 17.9 Å². The van der Waals surface area contributed by atoms with Gasteiger partial charge in [-0.25, -0.2) is 24.4 Å². The Morgan fingerprint density at radius 2 is 0.856 bits per heavy atom. The lowest BCUT2D eigenvalue weighted by atomic mass is 10.2. The highest BCUT2D eigenvalue weighted by molar-refractivity contribution is 6.74. The number of anilines is 1. The third-order valence-corrected chi connectivity index (χ3v) is 31.0. The molecule has 31 heteroatoms. The minimum atomic E-state index is -1.80. The molecule has 0 aliphatic rings. The van der Waals surface area contributed by atoms with Crippen LogP contribution in [0, 0.1) is 36.9 Å². The average Bonchev–Trinajstić information content (AvgIpc) is 1.81. The summed E-state index contributed by atoms with van der Waals surface area (Å²) in [5.41, 5.74) is 13.9. The fraction of sp³-hybridized carbons (Fsp3) is 0.388. The van der Waals surface area contributed by atoms with Gasteiger partial charge in [-0.2, -0.15) is 0 Å². The van der Waals surface area contributed by atoms with Crippen LogP contribution in [0.1, 0.15) is 142 Å². The molecule has 0 atom stereocenters. The smallest absolute Gasteiger partial charge is 0.439 e. The standard InChI is InChI=1S/C19H28N2O3Si.C13H14N2O3.C13H21NO3Si.C13H23NOSi.C8H13N2O2.C7H7NO3.C7H5NO3/c1-7-23-18(22)17-12-21(14-20-17)16-10-8-9-15(11-16)13-24-25(5,6)19(2,3)4;1-2-18-13(17)12-7-15(9-14-12)11-5-3-4-10(6-11)8-16;1-13(2,3)18(4,5)17-10-11-7-6-8-12(9-11)14(15)16;1-13(2,3)16(4,5)15-10-11-7-6-8-12(14)9-11;1-5-12-8(11)7(9-2)6-10(3)4;2*9-5-6-2-1-3-7(4-6)8(10)11/h8-12,14H,7,13H2,1-6H3;3-7,9,16H,2,8H2,1H3;6-9H,10H2,1-5H3;6-9H,10,14H2,1-5H3;2,6H,5H2,1,3-4H3;1-4,9H,5H2;1-5H/q;;;;+1;;/b;;;;7-6+;;. The summed E-state index contributed by atoms with van der Waals surface area (Å²) in [6.45, 7) is 46.1. The molecule has 0 spiro atoms. The summed E-state index contributed by atoms with van der Waals surface area (Å²) in [6.07, 6.45) is 8.54. The van der Waals surface area contributed by atoms with Crippen LogP contribution >= 0.6 is 0 Å². The van der Waals surface area contributed by atoms with Crippen LogP contribution in [0.25, 0.3) is 16.2 Å². The first-order valence-electron chi connectivity index (χ1n) is 35.5. The number of hydrogen-bond acceptors (Lipinski definition) is 22. The summed E-state index contributed by atoms with van der Waals surface area (Å²) in [5.74, 6) is -1.35. The van der Waals surface area contributed by atoms with Crippen LogP contribution in [0.2, 0.25) is 54.4 Å². The number of aldehydes is 1. The molecule has 0 bridgehead atoms. The van der Waals surface area contributed by atoms with Crippen molar-refractivity contribution in [1.29, 1.82) is 0 Å². The molecule has 0 saturated carbocycles. The number of nitrogen functional groups attached to an aromatic ring is 1. The van der Waals surface area contributed by atoms with E-state index in [1.807, 2.05) is 65.2 Å². The van der Waals surface area contributed by atoms with Crippen molar-refractivity contribution in [2.24, 2.45) is 0 Å². The Kier molecular flexibility index (Phi) is 40.0. The highest BCUT2D eigenvalue weighted by atomic mass is 28.4. The van der Waals surface area contributed by atoms with Gasteiger partial charge in [0, 0.05) is 85.5 Å². The number of aliphatic hydroxyl groups is 2. The maximum atomic E-state index is 11.7. The van der Waals surface area contributed by atoms with Crippen LogP contribution in [0.5, 0.6) is 0 Å². The first-order chi connectivity index (χ1) is 51.8. The number of carbonyl (C=O) groups is 4. The van der Waals surface area contributed by atoms with Gasteiger partial charge in [0.1, 0.15) is 18.9 Å². The molecule has 28 nitrogen and oxygen atoms in total. The Morgan fingerprint density at radius 1 is 0.523 bits per heavy atom. The summed E-state index contributed by atoms with van der Waals surface area (Å²) >= 11 is 0. The quantitative estimate of drug-likeness (QED) is 0.00739. The molecule has 0 aliphatic heterocycles. The van der Waals surface area contributed by atoms with Crippen molar-refractivity contribution in [3.05, 3.63) is 262 Å². The van der Waals surface area contributed by atoms with Gasteiger partial charge in [0.15, 0.2) is 36.3 Å². The lowest BCUT2D eigenvalue weighted by Gasteiger charge is -2.36. The van der Waals surface area contributed by atoms with Crippen molar-refractivity contribution in [2.75, 3.05) is 39.6 Å². The number of non-ortho nitro benzene ring substituents is 3. The zero-order chi connectivity index (χ0) is 84.1. The van der Waals surface area contributed by atoms with E-state index in [-0.39, 0.29) is 61.7 Å². The van der Waals surface area contributed by atoms with Crippen LogP contribution < -0.4 is 5.73 Å². The number of hydrogen-bond donors (Lipinski definition) is 3. The maximum Gasteiger partial charge on any atom is 0.439 e. The number of nitrogens with zero attached hydrogens (tertiary/aromatic N) is 9. The van der Waals surface area contributed by atoms with Crippen molar-refractivity contribution in [1.82, 2.24) is 24.0 Å². The fourth-order valence-electron chi connectivity index (χ4n) is 8.12. The fourth-order valence-corrected chi connectivity index (χ4v) is 11.0. The van der Waals surface area contributed by atoms with E-state index in [9.17, 15) is 49.5 Å². The minimum Gasteiger partial charge on any atom is -0.461 e. The monoisotopic (exact) mass is 1580 g/mol. The molecule has 2 heterocycles. The van der Waals surface area contributed by atoms with Gasteiger partial charge in [-0.15, -0.1) is 0 Å². The number of nitro benzene ring substituents is 3. The van der Waals surface area contributed by atoms with E-state index in [2.05, 4.69) is 139 Å². The largest absolute Gasteiger partial charge is 0.461 e. The van der Waals surface area contributed by atoms with E-state index < -0.39 is 52.7 Å². The maximum absolute atomic E-state index is 11.7. The number of ether oxygens (including phenoxy) is 3. The van der Waals surface area contributed by atoms with Gasteiger partial charge >= 0.3 is 23.6 Å². The Bertz CT molecular complexity index is 4380. The summed E-state index contributed by atoms with van der Waals surface area (Å²) in [7, 11) is -1.70. The molecular weight excluding hydrogens is 1470 g/mol. The lowest BCUT2D eigenvalue weighted by molar-refractivity contribution is -0.385. The first-order valence-corrected chi connectivity index (χ1v) is 44.3. The van der Waals surface area contributed by atoms with Crippen LogP contribution in [0.15, 0.2) is 183 Å². The summed E-state index contributed by atoms with van der Waals surface area (Å²) < 4.78 is 36.5. The zero-order valence-corrected chi connectivity index (χ0v) is 70.6. The molecule has 0 unspecified atom stereocenters. The van der Waals surface area contributed by atoms with Gasteiger partial charge in [-0.3, -0.25) is 35.1 Å². The van der Waals surface area contributed by atoms with E-state index in [1.165, 1.54) is 48.7 Å². The molecule has 0 amide bonds. The highest BCUT2D eigenvalue weighted by Crippen LogP contribution is 2.39. The van der Waals surface area contributed by atoms with Crippen molar-refractivity contribution in [3.63, 3.8) is 0 Å². The van der Waals surface area contributed by atoms with Gasteiger partial charge in [0.25, 0.3) is 23.6 Å². The molecule has 600 valence electrons. The third-order valence-electron chi connectivity index (χ3n) is 17.5. The second-order valence-corrected chi connectivity index (χ2v) is 43.9. The molecule has 8 aromatic rings. The number of rotatable bonds is 24. The van der Waals surface area contributed by atoms with Gasteiger partial charge in [0.05, 0.1) is 73.8 Å². The van der Waals surface area contributed by atoms with Crippen LogP contribution in [0.4, 0.5) is 22.7 Å². The predicted octanol–water partition coefficient (Wildman–Crippen LogP) is 17.4. The topological polar surface area (TPSA) is 363 Å². The van der Waals surface area contributed by atoms with Gasteiger partial charge in [0.2, 0.25) is 0 Å². The lowest BCUT2D eigenvalue weighted by Crippen LogP contribution is -2.40. The molecule has 0 saturated heterocycles. The van der Waals surface area contributed by atoms with Crippen molar-refractivity contribution in [2.45, 2.75) is 171 Å². The summed E-state index contributed by atoms with van der Waals surface area (Å²) in [6, 6.07) is 41.5. The zero-order valence-electron chi connectivity index (χ0n) is 67.6. The molecule has 4 N–H and O–H groups in total. The number of aliphatic hydroxyl groups excluding tert-OH is 2. The van der Waals surface area contributed by atoms with Gasteiger partial charge in [-0.1, -0.05) is 135 Å². The van der Waals surface area contributed by atoms with Gasteiger partial charge in [-0.05, 0) is 144 Å². The average molecular weight is 1590 g/mol. The number of benzene rings is 6. The Balaban J connectivity index is 0.000000448. The van der Waals surface area contributed by atoms with Crippen molar-refractivity contribution >= 4 is 71.9 Å². The molecule has 0 fully saturated rings. The van der Waals surface area contributed by atoms with Crippen molar-refractivity contribution < 1.29 is 71.6 Å². The first kappa shape index (κ1) is 96.4. The number of esters is 3. The Labute approximate surface area is 654 Å². The van der Waals surface area contributed by atoms with Crippen LogP contribution in [-0.2, 0) is 65.3 Å². The molecular formula is C80H111N10O18Si3+. The molecule has 0 radical (unpaired) electrons. The summed E-state index contributed by atoms with van der Waals surface area (Å²) in [4.78, 5) is 87.1. The molecule has 0 aliphatic carbocycles. The minimum absolute atomic E-state index is 0.0107. The number of aromatic nitrogens is 4. The van der Waals surface area contributed by atoms with E-state index in [4.69, 9.17) is 45.3 Å². The molecule has 2 aromatic heterocycles. The molecule has 6 aromatic carbocycles. The van der Waals surface area contributed by atoms with Crippen LogP contribution in [-0.4, -0.2) is 132 Å². The molecule has 8 rings (SSSR count). The Hall–Kier alpha value is -10.7. The normalized spacial score (nSPS) is 11.3. The highest BCUT2D eigenvalue weighted by Gasteiger charge is 2.39. The second kappa shape index (κ2) is 46.1. The number of imidazole rings is 2. The summed E-state index contributed by atoms with van der Waals surface area (Å²) in [5, 5.41) is 49.3. The SMILES string of the molecule is C#[N+]/C(=C/N(C)C)C(=O)OCC.CC(C)(C)[Si](C)(C)OCc1cccc(N)c1.CC(C)(C)[Si](C)(C)OCc1cccc([N+](=O)[O-])c1.CCOC(=O)c1cn(-c2cccc(CO)c2)cn1.CCOC(=O)c1cn(-c2cccc(CO[Si](C)(C)C(C)(C)C)c2)cn1.O=Cc1cccc([N+](=O)[O-])c1.O=[N+]([O-])c1cccc(CO)c1. The van der Waals surface area contributed by atoms with E-state index in [0.717, 1.165) is 39.3 Å². The third kappa shape index (κ3) is 34.4. The number of nitrogens with two attached hydrogens (primary N) is 1. The number of carbonyl (C=O) groups excluding carboxylic acids is 4. The van der Waals surface area contributed by atoms with E-state index in [1.54, 1.807) is 93.6 Å². The predicted molar refractivity (Wildman–Crippen MR) is 439 cm³/mol. The van der Waals surface area contributed by atoms with Gasteiger partial charge < -0.3 is 57.5 Å². The molecule has 111 heavy (non-hydrogen) atoms.